The third-order valence-corrected chi connectivity index (χ3v) is 4.22. The normalized spacial score (nSPS) is 10.6. The van der Waals surface area contributed by atoms with Crippen LogP contribution < -0.4 is 14.8 Å². The largest absolute Gasteiger partial charge is 0.497 e. The molecule has 2 N–H and O–H groups in total. The summed E-state index contributed by atoms with van der Waals surface area (Å²) in [7, 11) is 3.29. The number of amides is 1. The van der Waals surface area contributed by atoms with Gasteiger partial charge in [0.05, 0.1) is 20.6 Å². The summed E-state index contributed by atoms with van der Waals surface area (Å²) < 4.78 is 10.4. The molecule has 0 bridgehead atoms. The quantitative estimate of drug-likeness (QED) is 0.696. The third kappa shape index (κ3) is 4.12. The van der Waals surface area contributed by atoms with Gasteiger partial charge in [-0.15, -0.1) is 0 Å². The fourth-order valence-electron chi connectivity index (χ4n) is 2.80. The van der Waals surface area contributed by atoms with Gasteiger partial charge in [0.25, 0.3) is 0 Å². The predicted molar refractivity (Wildman–Crippen MR) is 98.3 cm³/mol. The molecule has 0 spiro atoms. The minimum absolute atomic E-state index is 0.0113. The third-order valence-electron chi connectivity index (χ3n) is 4.22. The number of benzene rings is 2. The molecule has 0 atom stereocenters. The molecule has 1 heterocycles. The van der Waals surface area contributed by atoms with Crippen molar-refractivity contribution in [1.29, 1.82) is 0 Å². The van der Waals surface area contributed by atoms with Crippen molar-refractivity contribution in [2.45, 2.75) is 12.8 Å². The van der Waals surface area contributed by atoms with Crippen LogP contribution in [0.2, 0.25) is 0 Å². The van der Waals surface area contributed by atoms with E-state index in [1.54, 1.807) is 14.2 Å². The number of hydrogen-bond donors (Lipinski definition) is 2. The molecule has 0 aliphatic rings. The summed E-state index contributed by atoms with van der Waals surface area (Å²) in [5, 5.41) is 3.99. The zero-order valence-electron chi connectivity index (χ0n) is 14.5. The summed E-state index contributed by atoms with van der Waals surface area (Å²) in [5.74, 6) is 1.63. The molecule has 130 valence electrons. The van der Waals surface area contributed by atoms with Crippen LogP contribution in [0.15, 0.2) is 48.7 Å². The molecule has 3 rings (SSSR count). The molecule has 0 saturated carbocycles. The predicted octanol–water partition coefficient (Wildman–Crippen LogP) is 3.09. The number of methoxy groups -OCH3 is 2. The van der Waals surface area contributed by atoms with Crippen molar-refractivity contribution in [3.05, 3.63) is 59.8 Å². The Balaban J connectivity index is 1.55. The van der Waals surface area contributed by atoms with Crippen LogP contribution in [-0.2, 0) is 17.6 Å². The summed E-state index contributed by atoms with van der Waals surface area (Å²) >= 11 is 0. The number of rotatable bonds is 7. The molecule has 0 fully saturated rings. The average molecular weight is 338 g/mol. The maximum absolute atomic E-state index is 12.2. The van der Waals surface area contributed by atoms with Crippen LogP contribution >= 0.6 is 0 Å². The van der Waals surface area contributed by atoms with Gasteiger partial charge in [-0.25, -0.2) is 0 Å². The van der Waals surface area contributed by atoms with Gasteiger partial charge in [0.2, 0.25) is 5.91 Å². The second-order valence-electron chi connectivity index (χ2n) is 5.85. The number of nitrogens with one attached hydrogen (secondary N) is 2. The van der Waals surface area contributed by atoms with Crippen LogP contribution in [0.1, 0.15) is 11.1 Å². The van der Waals surface area contributed by atoms with Crippen molar-refractivity contribution in [3.63, 3.8) is 0 Å². The second-order valence-corrected chi connectivity index (χ2v) is 5.85. The van der Waals surface area contributed by atoms with Crippen molar-refractivity contribution in [2.24, 2.45) is 0 Å². The highest BCUT2D eigenvalue weighted by molar-refractivity contribution is 5.89. The minimum Gasteiger partial charge on any atom is -0.497 e. The Labute approximate surface area is 147 Å². The molecule has 3 aromatic rings. The number of carbonyl (C=O) groups is 1. The molecule has 1 aromatic heterocycles. The molecule has 1 amide bonds. The van der Waals surface area contributed by atoms with Gasteiger partial charge in [-0.1, -0.05) is 12.1 Å². The van der Waals surface area contributed by atoms with E-state index in [1.807, 2.05) is 48.7 Å². The van der Waals surface area contributed by atoms with Crippen molar-refractivity contribution >= 4 is 16.8 Å². The Morgan fingerprint density at radius 3 is 2.48 bits per heavy atom. The Kier molecular flexibility index (Phi) is 5.23. The smallest absolute Gasteiger partial charge is 0.224 e. The van der Waals surface area contributed by atoms with E-state index in [9.17, 15) is 4.79 Å². The summed E-state index contributed by atoms with van der Waals surface area (Å²) in [6, 6.07) is 13.7. The summed E-state index contributed by atoms with van der Waals surface area (Å²) in [6.07, 6.45) is 3.01. The highest BCUT2D eigenvalue weighted by Crippen LogP contribution is 2.23. The lowest BCUT2D eigenvalue weighted by Gasteiger charge is -2.06. The van der Waals surface area contributed by atoms with Gasteiger partial charge < -0.3 is 19.8 Å². The Morgan fingerprint density at radius 1 is 1.04 bits per heavy atom. The molecular weight excluding hydrogens is 316 g/mol. The van der Waals surface area contributed by atoms with E-state index in [1.165, 1.54) is 0 Å². The molecular formula is C20H22N2O3. The van der Waals surface area contributed by atoms with Crippen molar-refractivity contribution < 1.29 is 14.3 Å². The maximum Gasteiger partial charge on any atom is 0.224 e. The van der Waals surface area contributed by atoms with E-state index in [0.717, 1.165) is 39.9 Å². The van der Waals surface area contributed by atoms with Crippen molar-refractivity contribution in [1.82, 2.24) is 10.3 Å². The van der Waals surface area contributed by atoms with Crippen LogP contribution in [0.4, 0.5) is 0 Å². The molecule has 0 radical (unpaired) electrons. The van der Waals surface area contributed by atoms with Gasteiger partial charge in [-0.3, -0.25) is 4.79 Å². The van der Waals surface area contributed by atoms with Crippen LogP contribution in [0, 0.1) is 0 Å². The van der Waals surface area contributed by atoms with Gasteiger partial charge >= 0.3 is 0 Å². The number of H-pyrrole nitrogens is 1. The molecule has 25 heavy (non-hydrogen) atoms. The lowest BCUT2D eigenvalue weighted by molar-refractivity contribution is -0.120. The fourth-order valence-corrected chi connectivity index (χ4v) is 2.80. The first-order valence-corrected chi connectivity index (χ1v) is 8.23. The monoisotopic (exact) mass is 338 g/mol. The molecule has 0 unspecified atom stereocenters. The van der Waals surface area contributed by atoms with E-state index in [2.05, 4.69) is 10.3 Å². The van der Waals surface area contributed by atoms with Crippen LogP contribution in [0.5, 0.6) is 11.5 Å². The topological polar surface area (TPSA) is 63.3 Å². The first-order valence-electron chi connectivity index (χ1n) is 8.23. The molecule has 2 aromatic carbocycles. The Morgan fingerprint density at radius 2 is 1.76 bits per heavy atom. The lowest BCUT2D eigenvalue weighted by Crippen LogP contribution is -2.27. The highest BCUT2D eigenvalue weighted by Gasteiger charge is 2.09. The number of aromatic nitrogens is 1. The number of aromatic amines is 1. The van der Waals surface area contributed by atoms with E-state index >= 15 is 0 Å². The summed E-state index contributed by atoms with van der Waals surface area (Å²) in [5.41, 5.74) is 3.13. The van der Waals surface area contributed by atoms with E-state index < -0.39 is 0 Å². The van der Waals surface area contributed by atoms with Crippen molar-refractivity contribution in [2.75, 3.05) is 20.8 Å². The number of hydrogen-bond acceptors (Lipinski definition) is 3. The summed E-state index contributed by atoms with van der Waals surface area (Å²) in [6.45, 7) is 0.608. The Bertz CT molecular complexity index is 853. The molecule has 5 nitrogen and oxygen atoms in total. The number of carbonyl (C=O) groups excluding carboxylic acids is 1. The average Bonchev–Trinajstić information content (AvgIpc) is 3.04. The lowest BCUT2D eigenvalue weighted by atomic mass is 10.1. The first kappa shape index (κ1) is 16.9. The molecule has 0 aliphatic heterocycles. The standard InChI is InChI=1S/C20H22N2O3/c1-24-16-5-3-14(4-6-16)9-10-21-20(23)11-15-13-22-19-8-7-17(25-2)12-18(15)19/h3-8,12-13,22H,9-11H2,1-2H3,(H,21,23). The van der Waals surface area contributed by atoms with E-state index in [-0.39, 0.29) is 5.91 Å². The summed E-state index contributed by atoms with van der Waals surface area (Å²) in [4.78, 5) is 15.4. The van der Waals surface area contributed by atoms with Crippen LogP contribution in [0.3, 0.4) is 0 Å². The van der Waals surface area contributed by atoms with Gasteiger partial charge in [0.15, 0.2) is 0 Å². The van der Waals surface area contributed by atoms with Gasteiger partial charge in [0.1, 0.15) is 11.5 Å². The van der Waals surface area contributed by atoms with Crippen molar-refractivity contribution in [3.8, 4) is 11.5 Å². The van der Waals surface area contributed by atoms with E-state index in [0.29, 0.717) is 13.0 Å². The first-order chi connectivity index (χ1) is 12.2. The van der Waals surface area contributed by atoms with Gasteiger partial charge in [0, 0.05) is 23.6 Å². The minimum atomic E-state index is 0.0113. The molecule has 0 aliphatic carbocycles. The Hall–Kier alpha value is -2.95. The second kappa shape index (κ2) is 7.75. The number of ether oxygens (including phenoxy) is 2. The zero-order chi connectivity index (χ0) is 17.6. The molecule has 0 saturated heterocycles. The maximum atomic E-state index is 12.2. The highest BCUT2D eigenvalue weighted by atomic mass is 16.5. The van der Waals surface area contributed by atoms with Crippen LogP contribution in [0.25, 0.3) is 10.9 Å². The number of fused-ring (bicyclic) bond motifs is 1. The van der Waals surface area contributed by atoms with Gasteiger partial charge in [-0.05, 0) is 47.9 Å². The van der Waals surface area contributed by atoms with Gasteiger partial charge in [-0.2, -0.15) is 0 Å². The zero-order valence-corrected chi connectivity index (χ0v) is 14.5. The molecule has 5 heteroatoms. The van der Waals surface area contributed by atoms with Crippen LogP contribution in [-0.4, -0.2) is 31.7 Å². The van der Waals surface area contributed by atoms with E-state index in [4.69, 9.17) is 9.47 Å². The SMILES string of the molecule is COc1ccc(CCNC(=O)Cc2c[nH]c3ccc(OC)cc23)cc1. The fraction of sp³-hybridized carbons (Fsp3) is 0.250.